The van der Waals surface area contributed by atoms with E-state index in [4.69, 9.17) is 37.8 Å². The van der Waals surface area contributed by atoms with Crippen molar-refractivity contribution in [2.75, 3.05) is 26.4 Å². The predicted octanol–water partition coefficient (Wildman–Crippen LogP) is -0.217. The standard InChI is InChI=1S/C9H11ClO.C4H11NO3.H3N/c10-7-9-4-2-1-3-8(9)5-6-11;5-4(1-6,2-7)3-8;/h1-4,11H,5-7H2;6-8H,1-3,5H2;1H3. The Morgan fingerprint density at radius 1 is 0.950 bits per heavy atom. The van der Waals surface area contributed by atoms with Gasteiger partial charge in [0.1, 0.15) is 0 Å². The van der Waals surface area contributed by atoms with Crippen molar-refractivity contribution in [2.24, 2.45) is 5.73 Å². The fourth-order valence-electron chi connectivity index (χ4n) is 1.20. The van der Waals surface area contributed by atoms with Gasteiger partial charge in [-0.2, -0.15) is 0 Å². The number of benzene rings is 1. The number of nitrogens with two attached hydrogens (primary N) is 1. The molecule has 0 bridgehead atoms. The Morgan fingerprint density at radius 2 is 1.40 bits per heavy atom. The predicted molar refractivity (Wildman–Crippen MR) is 80.0 cm³/mol. The maximum Gasteiger partial charge on any atom is 0.0856 e. The molecule has 1 aromatic carbocycles. The average Bonchev–Trinajstić information content (AvgIpc) is 2.48. The van der Waals surface area contributed by atoms with Gasteiger partial charge in [-0.15, -0.1) is 11.6 Å². The van der Waals surface area contributed by atoms with Gasteiger partial charge in [0.25, 0.3) is 0 Å². The molecule has 0 aromatic heterocycles. The topological polar surface area (TPSA) is 142 Å². The summed E-state index contributed by atoms with van der Waals surface area (Å²) < 4.78 is 0. The lowest BCUT2D eigenvalue weighted by atomic mass is 10.1. The molecule has 0 aliphatic rings. The maximum absolute atomic E-state index is 8.70. The zero-order valence-corrected chi connectivity index (χ0v) is 12.3. The quantitative estimate of drug-likeness (QED) is 0.401. The lowest BCUT2D eigenvalue weighted by Gasteiger charge is -2.20. The van der Waals surface area contributed by atoms with Crippen LogP contribution in [-0.2, 0) is 12.3 Å². The van der Waals surface area contributed by atoms with Crippen LogP contribution in [0.2, 0.25) is 0 Å². The van der Waals surface area contributed by atoms with Gasteiger partial charge in [0.15, 0.2) is 0 Å². The van der Waals surface area contributed by atoms with E-state index in [1.165, 1.54) is 0 Å². The van der Waals surface area contributed by atoms with Gasteiger partial charge in [-0.05, 0) is 17.5 Å². The highest BCUT2D eigenvalue weighted by atomic mass is 35.5. The van der Waals surface area contributed by atoms with Crippen molar-refractivity contribution in [2.45, 2.75) is 17.8 Å². The molecule has 0 radical (unpaired) electrons. The minimum absolute atomic E-state index is 0. The van der Waals surface area contributed by atoms with Crippen molar-refractivity contribution in [3.05, 3.63) is 35.4 Å². The van der Waals surface area contributed by atoms with Crippen LogP contribution < -0.4 is 11.9 Å². The van der Waals surface area contributed by atoms with Crippen molar-refractivity contribution in [3.63, 3.8) is 0 Å². The van der Waals surface area contributed by atoms with Gasteiger partial charge in [-0.3, -0.25) is 0 Å². The normalized spacial score (nSPS) is 10.3. The molecule has 0 amide bonds. The number of aliphatic hydroxyl groups is 4. The van der Waals surface area contributed by atoms with Gasteiger partial charge >= 0.3 is 0 Å². The molecule has 6 nitrogen and oxygen atoms in total. The fourth-order valence-corrected chi connectivity index (χ4v) is 1.46. The minimum atomic E-state index is -1.21. The highest BCUT2D eigenvalue weighted by molar-refractivity contribution is 6.17. The van der Waals surface area contributed by atoms with E-state index in [9.17, 15) is 0 Å². The van der Waals surface area contributed by atoms with Crippen LogP contribution in [0.25, 0.3) is 0 Å². The highest BCUT2D eigenvalue weighted by Gasteiger charge is 2.20. The van der Waals surface area contributed by atoms with Crippen molar-refractivity contribution >= 4 is 11.6 Å². The molecular formula is C13H25ClN2O4. The Morgan fingerprint density at radius 3 is 1.70 bits per heavy atom. The molecule has 20 heavy (non-hydrogen) atoms. The van der Waals surface area contributed by atoms with Crippen LogP contribution in [0.3, 0.4) is 0 Å². The molecule has 7 heteroatoms. The van der Waals surface area contributed by atoms with Gasteiger partial charge in [-0.1, -0.05) is 24.3 Å². The van der Waals surface area contributed by atoms with Crippen LogP contribution in [-0.4, -0.2) is 52.4 Å². The molecule has 0 atom stereocenters. The van der Waals surface area contributed by atoms with Crippen molar-refractivity contribution in [1.82, 2.24) is 6.15 Å². The molecule has 0 aliphatic heterocycles. The molecule has 118 valence electrons. The van der Waals surface area contributed by atoms with Crippen LogP contribution in [0.5, 0.6) is 0 Å². The van der Waals surface area contributed by atoms with E-state index in [1.54, 1.807) is 0 Å². The number of rotatable bonds is 6. The van der Waals surface area contributed by atoms with Crippen LogP contribution in [0.1, 0.15) is 11.1 Å². The summed E-state index contributed by atoms with van der Waals surface area (Å²) in [6, 6.07) is 7.89. The first-order valence-electron chi connectivity index (χ1n) is 5.92. The van der Waals surface area contributed by atoms with Crippen molar-refractivity contribution in [3.8, 4) is 0 Å². The smallest absolute Gasteiger partial charge is 0.0856 e. The van der Waals surface area contributed by atoms with E-state index < -0.39 is 25.4 Å². The van der Waals surface area contributed by atoms with Gasteiger partial charge in [0, 0.05) is 12.5 Å². The molecule has 0 saturated heterocycles. The minimum Gasteiger partial charge on any atom is -0.396 e. The number of halogens is 1. The Bertz CT molecular complexity index is 341. The van der Waals surface area contributed by atoms with Crippen molar-refractivity contribution < 1.29 is 20.4 Å². The lowest BCUT2D eigenvalue weighted by Crippen LogP contribution is -2.50. The largest absolute Gasteiger partial charge is 0.396 e. The third-order valence-corrected chi connectivity index (χ3v) is 2.88. The summed E-state index contributed by atoms with van der Waals surface area (Å²) in [6.07, 6.45) is 0.697. The van der Waals surface area contributed by atoms with E-state index >= 15 is 0 Å². The van der Waals surface area contributed by atoms with E-state index in [0.29, 0.717) is 12.3 Å². The van der Waals surface area contributed by atoms with E-state index in [-0.39, 0.29) is 12.8 Å². The molecule has 0 fully saturated rings. The summed E-state index contributed by atoms with van der Waals surface area (Å²) in [5, 5.41) is 33.7. The Labute approximate surface area is 124 Å². The maximum atomic E-state index is 8.70. The molecule has 0 aliphatic carbocycles. The molecule has 0 heterocycles. The van der Waals surface area contributed by atoms with Crippen LogP contribution in [0.4, 0.5) is 0 Å². The second-order valence-electron chi connectivity index (χ2n) is 4.21. The second-order valence-corrected chi connectivity index (χ2v) is 4.48. The number of alkyl halides is 1. The SMILES string of the molecule is N.NC(CO)(CO)CO.OCCc1ccccc1CCl. The fraction of sp³-hybridized carbons (Fsp3) is 0.538. The van der Waals surface area contributed by atoms with E-state index in [1.807, 2.05) is 24.3 Å². The summed E-state index contributed by atoms with van der Waals surface area (Å²) in [4.78, 5) is 0. The first-order valence-corrected chi connectivity index (χ1v) is 6.45. The monoisotopic (exact) mass is 308 g/mol. The molecule has 0 spiro atoms. The molecule has 1 rings (SSSR count). The number of hydrogen-bond donors (Lipinski definition) is 6. The molecular weight excluding hydrogens is 284 g/mol. The zero-order valence-electron chi connectivity index (χ0n) is 11.5. The van der Waals surface area contributed by atoms with Gasteiger partial charge in [-0.25, -0.2) is 0 Å². The highest BCUT2D eigenvalue weighted by Crippen LogP contribution is 2.11. The summed E-state index contributed by atoms with van der Waals surface area (Å²) in [6.45, 7) is -1.02. The zero-order chi connectivity index (χ0) is 14.7. The third-order valence-electron chi connectivity index (χ3n) is 2.59. The Hall–Kier alpha value is -0.730. The average molecular weight is 309 g/mol. The lowest BCUT2D eigenvalue weighted by molar-refractivity contribution is 0.0698. The molecule has 0 unspecified atom stereocenters. The van der Waals surface area contributed by atoms with Crippen molar-refractivity contribution in [1.29, 1.82) is 0 Å². The van der Waals surface area contributed by atoms with E-state index in [2.05, 4.69) is 0 Å². The van der Waals surface area contributed by atoms with E-state index in [0.717, 1.165) is 11.1 Å². The van der Waals surface area contributed by atoms with Gasteiger partial charge < -0.3 is 32.3 Å². The Balaban J connectivity index is 0. The second kappa shape index (κ2) is 12.0. The van der Waals surface area contributed by atoms with Crippen LogP contribution in [0.15, 0.2) is 24.3 Å². The summed E-state index contributed by atoms with van der Waals surface area (Å²) in [5.41, 5.74) is 6.20. The number of aliphatic hydroxyl groups excluding tert-OH is 4. The molecule has 0 saturated carbocycles. The molecule has 1 aromatic rings. The van der Waals surface area contributed by atoms with Gasteiger partial charge in [0.2, 0.25) is 0 Å². The number of hydrogen-bond acceptors (Lipinski definition) is 6. The summed E-state index contributed by atoms with van der Waals surface area (Å²) in [5.74, 6) is 0.524. The molecule has 9 N–H and O–H groups in total. The summed E-state index contributed by atoms with van der Waals surface area (Å²) in [7, 11) is 0. The first-order chi connectivity index (χ1) is 9.06. The summed E-state index contributed by atoms with van der Waals surface area (Å²) >= 11 is 5.69. The van der Waals surface area contributed by atoms with Gasteiger partial charge in [0.05, 0.1) is 25.4 Å². The van der Waals surface area contributed by atoms with Crippen LogP contribution >= 0.6 is 11.6 Å². The van der Waals surface area contributed by atoms with Crippen LogP contribution in [0, 0.1) is 0 Å². The Kier molecular flexibility index (Phi) is 13.0. The first kappa shape index (κ1) is 21.6. The third kappa shape index (κ3) is 7.76.